The van der Waals surface area contributed by atoms with E-state index in [0.29, 0.717) is 24.2 Å². The topological polar surface area (TPSA) is 105 Å². The predicted molar refractivity (Wildman–Crippen MR) is 103 cm³/mol. The van der Waals surface area contributed by atoms with Crippen LogP contribution < -0.4 is 5.32 Å². The average molecular weight is 417 g/mol. The lowest BCUT2D eigenvalue weighted by Crippen LogP contribution is -2.42. The van der Waals surface area contributed by atoms with Crippen molar-refractivity contribution in [3.8, 4) is 11.3 Å². The Hall–Kier alpha value is -2.69. The lowest BCUT2D eigenvalue weighted by Gasteiger charge is -2.30. The standard InChI is InChI=1S/C20H21F2N5O3/c1-19(2,29)10-5-12-17-11(6-24-27(17)8-10)16-13(20(12,21)22)7-23-18(26-16)25-14-3-4-30-9-15(14)28/h5-8,14-15,28-29H,3-4,9H2,1-2H3,(H,23,25,26)/t14-,15-/m1/s1. The molecule has 1 saturated heterocycles. The molecule has 0 amide bonds. The Morgan fingerprint density at radius 2 is 2.10 bits per heavy atom. The monoisotopic (exact) mass is 417 g/mol. The van der Waals surface area contributed by atoms with Crippen molar-refractivity contribution in [2.45, 2.75) is 43.9 Å². The summed E-state index contributed by atoms with van der Waals surface area (Å²) in [5.41, 5.74) is -0.736. The largest absolute Gasteiger partial charge is 0.389 e. The summed E-state index contributed by atoms with van der Waals surface area (Å²) in [6.07, 6.45) is 3.96. The van der Waals surface area contributed by atoms with Gasteiger partial charge in [0.1, 0.15) is 0 Å². The highest BCUT2D eigenvalue weighted by Crippen LogP contribution is 2.49. The van der Waals surface area contributed by atoms with Crippen LogP contribution in [0.3, 0.4) is 0 Å². The number of anilines is 1. The van der Waals surface area contributed by atoms with Crippen molar-refractivity contribution < 1.29 is 23.7 Å². The highest BCUT2D eigenvalue weighted by Gasteiger charge is 2.45. The number of ether oxygens (including phenoxy) is 1. The normalized spacial score (nSPS) is 22.7. The number of aliphatic hydroxyl groups is 2. The number of rotatable bonds is 3. The molecule has 30 heavy (non-hydrogen) atoms. The SMILES string of the molecule is CC(C)(O)c1cc2c3c(cnn3c1)-c1nc(N[C@@H]3CCOC[C@H]3O)ncc1C2(F)F. The van der Waals surface area contributed by atoms with Crippen LogP contribution >= 0.6 is 0 Å². The summed E-state index contributed by atoms with van der Waals surface area (Å²) in [5, 5.41) is 27.6. The van der Waals surface area contributed by atoms with E-state index in [4.69, 9.17) is 4.74 Å². The van der Waals surface area contributed by atoms with E-state index in [1.807, 2.05) is 0 Å². The fraction of sp³-hybridized carbons (Fsp3) is 0.450. The molecule has 3 N–H and O–H groups in total. The number of hydrogen-bond donors (Lipinski definition) is 3. The molecule has 0 unspecified atom stereocenters. The van der Waals surface area contributed by atoms with Gasteiger partial charge in [0, 0.05) is 30.1 Å². The van der Waals surface area contributed by atoms with E-state index in [9.17, 15) is 10.2 Å². The van der Waals surface area contributed by atoms with Crippen molar-refractivity contribution in [2.75, 3.05) is 18.5 Å². The second kappa shape index (κ2) is 6.40. The molecule has 0 aromatic carbocycles. The minimum Gasteiger partial charge on any atom is -0.389 e. The van der Waals surface area contributed by atoms with Crippen LogP contribution in [0.5, 0.6) is 0 Å². The van der Waals surface area contributed by atoms with Gasteiger partial charge in [0.05, 0.1) is 52.9 Å². The first-order valence-electron chi connectivity index (χ1n) is 9.69. The molecular formula is C20H21F2N5O3. The Labute approximate surface area is 170 Å². The molecule has 3 aromatic heterocycles. The van der Waals surface area contributed by atoms with E-state index >= 15 is 8.78 Å². The van der Waals surface area contributed by atoms with Crippen LogP contribution in [-0.2, 0) is 16.3 Å². The van der Waals surface area contributed by atoms with Gasteiger partial charge >= 0.3 is 5.92 Å². The molecule has 10 heteroatoms. The first kappa shape index (κ1) is 19.3. The molecule has 1 aliphatic carbocycles. The first-order valence-corrected chi connectivity index (χ1v) is 9.69. The van der Waals surface area contributed by atoms with Gasteiger partial charge in [-0.25, -0.2) is 14.5 Å². The minimum atomic E-state index is -3.36. The zero-order valence-electron chi connectivity index (χ0n) is 16.4. The second-order valence-electron chi connectivity index (χ2n) is 8.26. The highest BCUT2D eigenvalue weighted by atomic mass is 19.3. The molecule has 3 aromatic rings. The lowest BCUT2D eigenvalue weighted by molar-refractivity contribution is -0.0136. The Morgan fingerprint density at radius 3 is 2.83 bits per heavy atom. The smallest absolute Gasteiger partial charge is 0.304 e. The second-order valence-corrected chi connectivity index (χ2v) is 8.26. The zero-order valence-corrected chi connectivity index (χ0v) is 16.4. The van der Waals surface area contributed by atoms with Crippen LogP contribution in [0.1, 0.15) is 37.0 Å². The van der Waals surface area contributed by atoms with Crippen LogP contribution in [0, 0.1) is 0 Å². The quantitative estimate of drug-likeness (QED) is 0.599. The third-order valence-electron chi connectivity index (χ3n) is 5.68. The van der Waals surface area contributed by atoms with E-state index in [2.05, 4.69) is 20.4 Å². The fourth-order valence-electron chi connectivity index (χ4n) is 3.96. The maximum atomic E-state index is 15.5. The van der Waals surface area contributed by atoms with Gasteiger partial charge < -0.3 is 20.3 Å². The number of fused-ring (bicyclic) bond motifs is 2. The molecule has 1 fully saturated rings. The number of nitrogens with one attached hydrogen (secondary N) is 1. The number of pyridine rings is 1. The first-order chi connectivity index (χ1) is 14.2. The van der Waals surface area contributed by atoms with Gasteiger partial charge in [-0.2, -0.15) is 13.9 Å². The number of hydrogen-bond acceptors (Lipinski definition) is 7. The third-order valence-corrected chi connectivity index (χ3v) is 5.68. The Bertz CT molecular complexity index is 1140. The summed E-state index contributed by atoms with van der Waals surface area (Å²) in [6, 6.07) is 0.989. The molecule has 0 bridgehead atoms. The number of alkyl halides is 2. The van der Waals surface area contributed by atoms with Crippen LogP contribution in [0.25, 0.3) is 16.8 Å². The van der Waals surface area contributed by atoms with Crippen molar-refractivity contribution in [3.63, 3.8) is 0 Å². The lowest BCUT2D eigenvalue weighted by atomic mass is 9.88. The Balaban J connectivity index is 1.63. The van der Waals surface area contributed by atoms with Crippen molar-refractivity contribution in [1.82, 2.24) is 19.6 Å². The molecule has 1 aliphatic heterocycles. The van der Waals surface area contributed by atoms with Gasteiger partial charge in [-0.3, -0.25) is 0 Å². The summed E-state index contributed by atoms with van der Waals surface area (Å²) < 4.78 is 37.5. The molecule has 5 rings (SSSR count). The Morgan fingerprint density at radius 1 is 1.30 bits per heavy atom. The summed E-state index contributed by atoms with van der Waals surface area (Å²) in [6.45, 7) is 3.75. The summed E-state index contributed by atoms with van der Waals surface area (Å²) in [7, 11) is 0. The molecule has 8 nitrogen and oxygen atoms in total. The van der Waals surface area contributed by atoms with Crippen LogP contribution in [0.15, 0.2) is 24.7 Å². The van der Waals surface area contributed by atoms with Gasteiger partial charge in [-0.05, 0) is 26.3 Å². The highest BCUT2D eigenvalue weighted by molar-refractivity contribution is 5.87. The van der Waals surface area contributed by atoms with E-state index in [0.717, 1.165) is 6.20 Å². The van der Waals surface area contributed by atoms with Crippen LogP contribution in [-0.4, -0.2) is 55.2 Å². The van der Waals surface area contributed by atoms with E-state index in [1.165, 1.54) is 30.6 Å². The van der Waals surface area contributed by atoms with Gasteiger partial charge in [0.25, 0.3) is 0 Å². The van der Waals surface area contributed by atoms with Crippen LogP contribution in [0.2, 0.25) is 0 Å². The van der Waals surface area contributed by atoms with Crippen molar-refractivity contribution in [3.05, 3.63) is 41.3 Å². The van der Waals surface area contributed by atoms with Crippen molar-refractivity contribution in [1.29, 1.82) is 0 Å². The number of halogens is 2. The van der Waals surface area contributed by atoms with E-state index < -0.39 is 17.6 Å². The maximum Gasteiger partial charge on any atom is 0.304 e. The molecule has 2 aliphatic rings. The molecular weight excluding hydrogens is 396 g/mol. The molecule has 158 valence electrons. The average Bonchev–Trinajstić information content (AvgIpc) is 3.11. The molecule has 0 radical (unpaired) electrons. The molecule has 0 saturated carbocycles. The molecule has 4 heterocycles. The van der Waals surface area contributed by atoms with Gasteiger partial charge in [0.15, 0.2) is 0 Å². The third kappa shape index (κ3) is 2.86. The van der Waals surface area contributed by atoms with Crippen LogP contribution in [0.4, 0.5) is 14.7 Å². The minimum absolute atomic E-state index is 0.0950. The van der Waals surface area contributed by atoms with Gasteiger partial charge in [0.2, 0.25) is 5.95 Å². The number of nitrogens with zero attached hydrogens (tertiary/aromatic N) is 4. The summed E-state index contributed by atoms with van der Waals surface area (Å²) in [4.78, 5) is 8.43. The van der Waals surface area contributed by atoms with Gasteiger partial charge in [-0.15, -0.1) is 0 Å². The van der Waals surface area contributed by atoms with E-state index in [-0.39, 0.29) is 40.9 Å². The number of aromatic nitrogens is 4. The maximum absolute atomic E-state index is 15.5. The summed E-state index contributed by atoms with van der Waals surface area (Å²) >= 11 is 0. The molecule has 2 atom stereocenters. The van der Waals surface area contributed by atoms with Crippen molar-refractivity contribution >= 4 is 11.5 Å². The zero-order chi connectivity index (χ0) is 21.3. The Kier molecular flexibility index (Phi) is 4.12. The van der Waals surface area contributed by atoms with Gasteiger partial charge in [-0.1, -0.05) is 0 Å². The number of aliphatic hydroxyl groups excluding tert-OH is 1. The summed E-state index contributed by atoms with van der Waals surface area (Å²) in [5.74, 6) is -3.20. The van der Waals surface area contributed by atoms with E-state index in [1.54, 1.807) is 6.20 Å². The molecule has 0 spiro atoms. The van der Waals surface area contributed by atoms with Crippen molar-refractivity contribution in [2.24, 2.45) is 0 Å². The fourth-order valence-corrected chi connectivity index (χ4v) is 3.96. The predicted octanol–water partition coefficient (Wildman–Crippen LogP) is 2.03.